The summed E-state index contributed by atoms with van der Waals surface area (Å²) in [4.78, 5) is 97.3. The number of methoxy groups -OCH3 is 1. The third-order valence-electron chi connectivity index (χ3n) is 13.4. The van der Waals surface area contributed by atoms with Crippen LogP contribution in [-0.2, 0) is 82.3 Å². The molecule has 3 fully saturated rings. The Kier molecular flexibility index (Phi) is 17.5. The predicted octanol–water partition coefficient (Wildman–Crippen LogP) is -1.85. The van der Waals surface area contributed by atoms with Gasteiger partial charge in [0.15, 0.2) is 41.4 Å². The van der Waals surface area contributed by atoms with Crippen LogP contribution in [0.15, 0.2) is 65.2 Å². The topological polar surface area (TPSA) is 551 Å². The van der Waals surface area contributed by atoms with Crippen molar-refractivity contribution in [1.82, 2.24) is 53.6 Å². The van der Waals surface area contributed by atoms with E-state index in [4.69, 9.17) is 59.0 Å². The van der Waals surface area contributed by atoms with Gasteiger partial charge in [0, 0.05) is 19.6 Å². The first-order chi connectivity index (χ1) is 39.7. The Balaban J connectivity index is 0.810. The van der Waals surface area contributed by atoms with Gasteiger partial charge in [0.1, 0.15) is 54.6 Å². The molecule has 3 aliphatic heterocycles. The molecule has 0 bridgehead atoms. The minimum atomic E-state index is -6.21. The van der Waals surface area contributed by atoms with Gasteiger partial charge in [-0.25, -0.2) is 42.8 Å². The van der Waals surface area contributed by atoms with E-state index in [-0.39, 0.29) is 70.8 Å². The van der Waals surface area contributed by atoms with Gasteiger partial charge in [0.05, 0.1) is 52.2 Å². The molecular weight excluding hydrogens is 1210 g/mol. The summed E-state index contributed by atoms with van der Waals surface area (Å²) in [7, 11) is -20.9. The molecule has 39 nitrogen and oxygen atoms in total. The number of fused-ring (bicyclic) bond motifs is 3. The number of rotatable bonds is 24. The molecule has 3 saturated heterocycles. The summed E-state index contributed by atoms with van der Waals surface area (Å²) in [5, 5.41) is 33.5. The molecule has 15 N–H and O–H groups in total. The maximum Gasteiger partial charge on any atom is 0.490 e. The van der Waals surface area contributed by atoms with Gasteiger partial charge in [0.2, 0.25) is 17.7 Å². The highest BCUT2D eigenvalue weighted by Crippen LogP contribution is 2.68. The quantitative estimate of drug-likeness (QED) is 0.0180. The van der Waals surface area contributed by atoms with E-state index in [1.807, 2.05) is 18.2 Å². The summed E-state index contributed by atoms with van der Waals surface area (Å²) in [5.74, 6) is -1.64. The number of phosphoric ester groups is 3. The maximum absolute atomic E-state index is 13.8. The second-order valence-corrected chi connectivity index (χ2v) is 25.0. The molecule has 9 heterocycles. The zero-order valence-corrected chi connectivity index (χ0v) is 47.0. The van der Waals surface area contributed by atoms with Crippen LogP contribution in [0.3, 0.4) is 0 Å². The number of anilines is 3. The number of nitrogen functional groups attached to an aromatic ring is 3. The highest BCUT2D eigenvalue weighted by atomic mass is 31.3. The summed E-state index contributed by atoms with van der Waals surface area (Å²) >= 11 is 0. The monoisotopic (exact) mass is 1260 g/mol. The van der Waals surface area contributed by atoms with Crippen molar-refractivity contribution in [3.8, 4) is 0 Å². The van der Waals surface area contributed by atoms with Crippen LogP contribution in [0.25, 0.3) is 33.5 Å². The Morgan fingerprint density at radius 3 is 2.01 bits per heavy atom. The van der Waals surface area contributed by atoms with Gasteiger partial charge in [-0.1, -0.05) is 35.3 Å². The second-order valence-electron chi connectivity index (χ2n) is 19.0. The predicted molar refractivity (Wildman–Crippen MR) is 277 cm³/mol. The first-order valence-corrected chi connectivity index (χ1v) is 30.6. The number of H-pyrrole nitrogens is 2. The summed E-state index contributed by atoms with van der Waals surface area (Å²) in [5.41, 5.74) is 16.7. The van der Waals surface area contributed by atoms with Crippen LogP contribution in [0, 0.1) is 5.92 Å². The fourth-order valence-electron chi connectivity index (χ4n) is 9.72. The molecule has 84 heavy (non-hydrogen) atoms. The van der Waals surface area contributed by atoms with Gasteiger partial charge >= 0.3 is 36.9 Å². The van der Waals surface area contributed by atoms with Crippen molar-refractivity contribution in [2.24, 2.45) is 13.0 Å². The van der Waals surface area contributed by atoms with Crippen molar-refractivity contribution in [2.75, 3.05) is 50.7 Å². The van der Waals surface area contributed by atoms with Gasteiger partial charge in [-0.15, -0.1) is 0 Å². The van der Waals surface area contributed by atoms with E-state index in [0.29, 0.717) is 0 Å². The van der Waals surface area contributed by atoms with Crippen molar-refractivity contribution >= 4 is 82.5 Å². The molecule has 0 radical (unpaired) electrons. The molecule has 7 aromatic rings. The molecule has 1 aromatic carbocycles. The average Bonchev–Trinajstić information content (AvgIpc) is 1.88. The molecule has 43 heteroatoms. The first kappa shape index (κ1) is 61.2. The molecule has 10 rings (SSSR count). The fraction of sp³-hybridized carbons (Fsp3) is 0.488. The highest BCUT2D eigenvalue weighted by Gasteiger charge is 2.54. The molecule has 3 aliphatic rings. The van der Waals surface area contributed by atoms with Crippen LogP contribution in [0.2, 0.25) is 0 Å². The number of aromatic amines is 2. The van der Waals surface area contributed by atoms with E-state index >= 15 is 0 Å². The van der Waals surface area contributed by atoms with E-state index < -0.39 is 136 Å². The number of hydrogen-bond acceptors (Lipinski definition) is 29. The Morgan fingerprint density at radius 2 is 1.31 bits per heavy atom. The van der Waals surface area contributed by atoms with Gasteiger partial charge < -0.3 is 75.8 Å². The third kappa shape index (κ3) is 12.9. The number of aromatic nitrogens is 12. The van der Waals surface area contributed by atoms with E-state index in [9.17, 15) is 62.7 Å². The van der Waals surface area contributed by atoms with Crippen molar-refractivity contribution in [3.05, 3.63) is 81.9 Å². The van der Waals surface area contributed by atoms with E-state index in [1.165, 1.54) is 27.1 Å². The highest BCUT2D eigenvalue weighted by molar-refractivity contribution is 7.66. The summed E-state index contributed by atoms with van der Waals surface area (Å²) in [6, 6.07) is 9.06. The zero-order valence-electron chi connectivity index (χ0n) is 43.4. The summed E-state index contributed by atoms with van der Waals surface area (Å²) in [6.45, 7) is -3.02. The minimum Gasteiger partial charge on any atom is -0.387 e. The molecule has 0 amide bonds. The Morgan fingerprint density at radius 1 is 0.690 bits per heavy atom. The summed E-state index contributed by atoms with van der Waals surface area (Å²) < 4.78 is 118. The lowest BCUT2D eigenvalue weighted by Gasteiger charge is -2.26. The number of benzene rings is 1. The average molecular weight is 1260 g/mol. The molecule has 16 atom stereocenters. The normalized spacial score (nSPS) is 28.4. The lowest BCUT2D eigenvalue weighted by atomic mass is 9.95. The Hall–Kier alpha value is -5.93. The summed E-state index contributed by atoms with van der Waals surface area (Å²) in [6.07, 6.45) is -12.9. The number of nitrogens with one attached hydrogen (secondary N) is 2. The van der Waals surface area contributed by atoms with Crippen LogP contribution in [0.4, 0.5) is 17.7 Å². The van der Waals surface area contributed by atoms with Gasteiger partial charge in [-0.3, -0.25) is 51.4 Å². The van der Waals surface area contributed by atoms with E-state index in [0.717, 1.165) is 36.2 Å². The number of hydrogen-bond donors (Lipinski definition) is 12. The largest absolute Gasteiger partial charge is 0.490 e. The number of aliphatic hydroxyl groups is 3. The van der Waals surface area contributed by atoms with E-state index in [1.54, 1.807) is 12.1 Å². The van der Waals surface area contributed by atoms with Crippen molar-refractivity contribution in [3.63, 3.8) is 0 Å². The van der Waals surface area contributed by atoms with E-state index in [2.05, 4.69) is 48.5 Å². The van der Waals surface area contributed by atoms with Crippen molar-refractivity contribution < 1.29 is 108 Å². The SMILES string of the molecule is CO[C@@H]1[C@H](OP(=O)(O)OC[C@H]2O[C@@H](n3cnc4c(=O)[nH]c(N)nc43)[C@H](O)[C@@H]2O)[C@@H](COP(=O)(O)OP(=O)(O)OP(=O)(O)OC[C@H]2O[C@@H]([n+]3cn(C)c4c(=O)[nH]c(N)nc43)[C@H](O)[C@@H]2CCOCc2ccccc2)O[C@H]1n1cnc2c(N)ncnc21. The minimum absolute atomic E-state index is 0.00299. The molecule has 456 valence electrons. The fourth-order valence-corrected chi connectivity index (χ4v) is 14.2. The Bertz CT molecular complexity index is 3870. The lowest BCUT2D eigenvalue weighted by molar-refractivity contribution is -0.745. The van der Waals surface area contributed by atoms with Gasteiger partial charge in [0.25, 0.3) is 17.1 Å². The Labute approximate surface area is 469 Å². The molecule has 0 spiro atoms. The standard InChI is InChI=1S/C41H53N15O24P4/c1-53-17-56(34-25(53)36(61)52-41(44)50-34)37-26(57)19(8-9-71-10-18-6-4-3-5-7-18)20(75-37)11-73-82(64,65)79-84(68,69)80-83(66,67)74-13-22-29(30(70-2)39(77-22)54-15-47-23-31(42)45-14-46-32(23)54)78-81(62,63)72-12-21-27(58)28(59)38(76-21)55-16-48-24-33(55)49-40(43)51-35(24)60/h3-7,14-17,19-22,26-30,37-39,57-59H,8-13H2,1-2H3,(H11-,42,43,44,45,46,49,50,51,52,60,61,62,63,64,65,66,67,68,69)/p+1/t19-,20-,21-,22-,26-,27-,28-,29-,30-,37-,38-,39-/m1/s1. The van der Waals surface area contributed by atoms with Crippen LogP contribution in [-0.4, -0.2) is 171 Å². The van der Waals surface area contributed by atoms with Crippen LogP contribution < -0.4 is 32.9 Å². The van der Waals surface area contributed by atoms with Crippen molar-refractivity contribution in [1.29, 1.82) is 0 Å². The number of aryl methyl sites for hydroxylation is 1. The van der Waals surface area contributed by atoms with Gasteiger partial charge in [-0.05, 0) is 12.0 Å². The number of nitrogens with two attached hydrogens (primary N) is 3. The molecular formula is C41H54N15O24P4+. The zero-order chi connectivity index (χ0) is 60.2. The van der Waals surface area contributed by atoms with Gasteiger partial charge in [-0.2, -0.15) is 13.6 Å². The molecule has 6 aromatic heterocycles. The lowest BCUT2D eigenvalue weighted by Crippen LogP contribution is -2.45. The smallest absolute Gasteiger partial charge is 0.387 e. The molecule has 0 saturated carbocycles. The molecule has 0 aliphatic carbocycles. The second kappa shape index (κ2) is 24.1. The van der Waals surface area contributed by atoms with Crippen LogP contribution >= 0.6 is 31.3 Å². The third-order valence-corrected chi connectivity index (χ3v) is 18.7. The maximum atomic E-state index is 13.8. The van der Waals surface area contributed by atoms with Crippen LogP contribution in [0.5, 0.6) is 0 Å². The number of phosphoric acid groups is 4. The molecule has 4 unspecified atom stereocenters. The van der Waals surface area contributed by atoms with Crippen molar-refractivity contribution in [2.45, 2.75) is 80.5 Å². The number of ether oxygens (including phenoxy) is 5. The van der Waals surface area contributed by atoms with Crippen LogP contribution in [0.1, 0.15) is 30.7 Å². The first-order valence-electron chi connectivity index (χ1n) is 24.6. The number of imidazole rings is 3. The number of nitrogens with zero attached hydrogens (tertiary/aromatic N) is 10. The number of aliphatic hydroxyl groups excluding tert-OH is 3.